The molecule has 0 saturated carbocycles. The Labute approximate surface area is 146 Å². The number of rotatable bonds is 9. The van der Waals surface area contributed by atoms with Gasteiger partial charge in [-0.1, -0.05) is 0 Å². The van der Waals surface area contributed by atoms with E-state index in [2.05, 4.69) is 15.3 Å². The van der Waals surface area contributed by atoms with E-state index in [-0.39, 0.29) is 18.7 Å². The zero-order chi connectivity index (χ0) is 18.4. The van der Waals surface area contributed by atoms with Crippen molar-refractivity contribution in [2.75, 3.05) is 33.7 Å². The Morgan fingerprint density at radius 2 is 2.28 bits per heavy atom. The fourth-order valence-corrected chi connectivity index (χ4v) is 2.85. The Hall–Kier alpha value is -2.42. The van der Waals surface area contributed by atoms with Gasteiger partial charge in [-0.15, -0.1) is 0 Å². The Morgan fingerprint density at radius 1 is 1.52 bits per heavy atom. The standard InChI is InChI=1S/C16H25N5O4/c1-20(2)4-3-5-21-9-11(6-14(21)22)15(23)19-13(16(24)25)7-12-8-17-10-18-12/h8,10-11,13H,3-7,9H2,1-2H3,(H,17,18)(H,19,23)(H,24,25). The Morgan fingerprint density at radius 3 is 2.88 bits per heavy atom. The summed E-state index contributed by atoms with van der Waals surface area (Å²) < 4.78 is 0. The van der Waals surface area contributed by atoms with E-state index in [4.69, 9.17) is 0 Å². The summed E-state index contributed by atoms with van der Waals surface area (Å²) in [5, 5.41) is 11.8. The van der Waals surface area contributed by atoms with Crippen molar-refractivity contribution in [2.24, 2.45) is 5.92 Å². The number of likely N-dealkylation sites (tertiary alicyclic amines) is 1. The highest BCUT2D eigenvalue weighted by molar-refractivity contribution is 5.91. The number of nitrogens with zero attached hydrogens (tertiary/aromatic N) is 3. The molecule has 1 aliphatic heterocycles. The zero-order valence-corrected chi connectivity index (χ0v) is 14.6. The topological polar surface area (TPSA) is 119 Å². The van der Waals surface area contributed by atoms with Crippen LogP contribution < -0.4 is 5.32 Å². The Kier molecular flexibility index (Phi) is 6.51. The molecule has 9 nitrogen and oxygen atoms in total. The molecular weight excluding hydrogens is 326 g/mol. The van der Waals surface area contributed by atoms with Crippen LogP contribution in [0.4, 0.5) is 0 Å². The fourth-order valence-electron chi connectivity index (χ4n) is 2.85. The van der Waals surface area contributed by atoms with Crippen LogP contribution >= 0.6 is 0 Å². The summed E-state index contributed by atoms with van der Waals surface area (Å²) in [4.78, 5) is 46.2. The molecule has 25 heavy (non-hydrogen) atoms. The first-order chi connectivity index (χ1) is 11.9. The van der Waals surface area contributed by atoms with Gasteiger partial charge < -0.3 is 25.2 Å². The Bertz CT molecular complexity index is 602. The van der Waals surface area contributed by atoms with Crippen molar-refractivity contribution in [2.45, 2.75) is 25.3 Å². The van der Waals surface area contributed by atoms with E-state index in [0.717, 1.165) is 13.0 Å². The smallest absolute Gasteiger partial charge is 0.326 e. The molecule has 1 fully saturated rings. The number of nitrogens with one attached hydrogen (secondary N) is 2. The third kappa shape index (κ3) is 5.56. The van der Waals surface area contributed by atoms with Gasteiger partial charge in [-0.05, 0) is 27.1 Å². The minimum atomic E-state index is -1.12. The number of carbonyl (C=O) groups is 3. The number of aromatic amines is 1. The molecule has 3 N–H and O–H groups in total. The number of imidazole rings is 1. The molecule has 1 saturated heterocycles. The van der Waals surface area contributed by atoms with Crippen LogP contribution in [0.15, 0.2) is 12.5 Å². The monoisotopic (exact) mass is 351 g/mol. The van der Waals surface area contributed by atoms with E-state index in [1.54, 1.807) is 4.90 Å². The van der Waals surface area contributed by atoms with Crippen LogP contribution in [-0.4, -0.2) is 82.4 Å². The van der Waals surface area contributed by atoms with E-state index >= 15 is 0 Å². The molecule has 1 aliphatic rings. The maximum Gasteiger partial charge on any atom is 0.326 e. The second-order valence-electron chi connectivity index (χ2n) is 6.58. The molecule has 9 heteroatoms. The summed E-state index contributed by atoms with van der Waals surface area (Å²) >= 11 is 0. The maximum atomic E-state index is 12.4. The van der Waals surface area contributed by atoms with Gasteiger partial charge in [-0.3, -0.25) is 9.59 Å². The predicted molar refractivity (Wildman–Crippen MR) is 89.7 cm³/mol. The van der Waals surface area contributed by atoms with E-state index in [9.17, 15) is 19.5 Å². The van der Waals surface area contributed by atoms with Gasteiger partial charge in [-0.25, -0.2) is 9.78 Å². The third-order valence-electron chi connectivity index (χ3n) is 4.21. The first-order valence-electron chi connectivity index (χ1n) is 8.29. The molecule has 0 aromatic carbocycles. The van der Waals surface area contributed by atoms with Crippen molar-refractivity contribution >= 4 is 17.8 Å². The molecule has 2 unspecified atom stereocenters. The summed E-state index contributed by atoms with van der Waals surface area (Å²) in [6.45, 7) is 1.82. The van der Waals surface area contributed by atoms with Crippen molar-refractivity contribution in [1.82, 2.24) is 25.1 Å². The van der Waals surface area contributed by atoms with E-state index in [1.807, 2.05) is 19.0 Å². The average Bonchev–Trinajstić information content (AvgIpc) is 3.16. The highest BCUT2D eigenvalue weighted by Crippen LogP contribution is 2.18. The molecule has 2 rings (SSSR count). The second-order valence-corrected chi connectivity index (χ2v) is 6.58. The summed E-state index contributed by atoms with van der Waals surface area (Å²) in [7, 11) is 3.93. The summed E-state index contributed by atoms with van der Waals surface area (Å²) in [6.07, 6.45) is 4.06. The lowest BCUT2D eigenvalue weighted by atomic mass is 10.1. The van der Waals surface area contributed by atoms with Crippen LogP contribution in [0.25, 0.3) is 0 Å². The molecule has 2 amide bonds. The van der Waals surface area contributed by atoms with Crippen LogP contribution in [-0.2, 0) is 20.8 Å². The fraction of sp³-hybridized carbons (Fsp3) is 0.625. The van der Waals surface area contributed by atoms with Crippen LogP contribution in [0.5, 0.6) is 0 Å². The maximum absolute atomic E-state index is 12.4. The van der Waals surface area contributed by atoms with Crippen LogP contribution in [0, 0.1) is 5.92 Å². The summed E-state index contributed by atoms with van der Waals surface area (Å²) in [6, 6.07) is -1.05. The number of hydrogen-bond acceptors (Lipinski definition) is 5. The van der Waals surface area contributed by atoms with E-state index in [0.29, 0.717) is 18.8 Å². The van der Waals surface area contributed by atoms with Gasteiger partial charge in [0, 0.05) is 37.8 Å². The molecule has 0 spiro atoms. The lowest BCUT2D eigenvalue weighted by Crippen LogP contribution is -2.45. The lowest BCUT2D eigenvalue weighted by molar-refractivity contribution is -0.142. The van der Waals surface area contributed by atoms with Gasteiger partial charge >= 0.3 is 5.97 Å². The zero-order valence-electron chi connectivity index (χ0n) is 14.6. The first-order valence-corrected chi connectivity index (χ1v) is 8.29. The minimum absolute atomic E-state index is 0.0562. The molecule has 0 aliphatic carbocycles. The molecule has 2 atom stereocenters. The molecular formula is C16H25N5O4. The number of carbonyl (C=O) groups excluding carboxylic acids is 2. The number of aromatic nitrogens is 2. The summed E-state index contributed by atoms with van der Waals surface area (Å²) in [5.41, 5.74) is 0.625. The predicted octanol–water partition coefficient (Wildman–Crippen LogP) is -0.678. The molecule has 0 bridgehead atoms. The van der Waals surface area contributed by atoms with E-state index < -0.39 is 23.8 Å². The van der Waals surface area contributed by atoms with E-state index in [1.165, 1.54) is 12.5 Å². The van der Waals surface area contributed by atoms with Crippen molar-refractivity contribution in [3.05, 3.63) is 18.2 Å². The first kappa shape index (κ1) is 18.9. The number of carboxylic acids is 1. The number of amides is 2. The van der Waals surface area contributed by atoms with Gasteiger partial charge in [0.15, 0.2) is 0 Å². The van der Waals surface area contributed by atoms with Gasteiger partial charge in [0.1, 0.15) is 6.04 Å². The van der Waals surface area contributed by atoms with Crippen LogP contribution in [0.1, 0.15) is 18.5 Å². The van der Waals surface area contributed by atoms with Crippen molar-refractivity contribution in [3.63, 3.8) is 0 Å². The number of H-pyrrole nitrogens is 1. The quantitative estimate of drug-likeness (QED) is 0.542. The number of aliphatic carboxylic acids is 1. The van der Waals surface area contributed by atoms with Gasteiger partial charge in [-0.2, -0.15) is 0 Å². The van der Waals surface area contributed by atoms with Gasteiger partial charge in [0.05, 0.1) is 12.2 Å². The number of carboxylic acid groups (broad SMARTS) is 1. The van der Waals surface area contributed by atoms with Gasteiger partial charge in [0.2, 0.25) is 11.8 Å². The summed E-state index contributed by atoms with van der Waals surface area (Å²) in [5.74, 6) is -2.07. The normalized spacial score (nSPS) is 18.6. The second kappa shape index (κ2) is 8.61. The lowest BCUT2D eigenvalue weighted by Gasteiger charge is -2.19. The van der Waals surface area contributed by atoms with Gasteiger partial charge in [0.25, 0.3) is 0 Å². The van der Waals surface area contributed by atoms with Crippen molar-refractivity contribution < 1.29 is 19.5 Å². The van der Waals surface area contributed by atoms with Crippen molar-refractivity contribution in [3.8, 4) is 0 Å². The minimum Gasteiger partial charge on any atom is -0.480 e. The molecule has 1 aromatic rings. The van der Waals surface area contributed by atoms with Crippen LogP contribution in [0.2, 0.25) is 0 Å². The average molecular weight is 351 g/mol. The number of hydrogen-bond donors (Lipinski definition) is 3. The third-order valence-corrected chi connectivity index (χ3v) is 4.21. The largest absolute Gasteiger partial charge is 0.480 e. The highest BCUT2D eigenvalue weighted by atomic mass is 16.4. The molecule has 2 heterocycles. The van der Waals surface area contributed by atoms with Crippen LogP contribution in [0.3, 0.4) is 0 Å². The molecule has 0 radical (unpaired) electrons. The molecule has 1 aromatic heterocycles. The SMILES string of the molecule is CN(C)CCCN1CC(C(=O)NC(Cc2cnc[nH]2)C(=O)O)CC1=O. The molecule has 138 valence electrons. The highest BCUT2D eigenvalue weighted by Gasteiger charge is 2.35. The van der Waals surface area contributed by atoms with Crippen molar-refractivity contribution in [1.29, 1.82) is 0 Å². The Balaban J connectivity index is 1.86.